The lowest BCUT2D eigenvalue weighted by Gasteiger charge is -2.42. The number of aromatic nitrogens is 3. The van der Waals surface area contributed by atoms with Gasteiger partial charge < -0.3 is 15.0 Å². The number of pyridine rings is 1. The molecule has 7 nitrogen and oxygen atoms in total. The number of ether oxygens (including phenoxy) is 1. The Hall–Kier alpha value is -3.09. The first-order valence-electron chi connectivity index (χ1n) is 11.5. The molecule has 7 heteroatoms. The highest BCUT2D eigenvalue weighted by molar-refractivity contribution is 5.77. The van der Waals surface area contributed by atoms with Crippen LogP contribution in [0.4, 0.5) is 10.6 Å². The van der Waals surface area contributed by atoms with Gasteiger partial charge in [-0.15, -0.1) is 0 Å². The van der Waals surface area contributed by atoms with Crippen molar-refractivity contribution in [1.82, 2.24) is 19.4 Å². The van der Waals surface area contributed by atoms with Crippen LogP contribution in [0.5, 0.6) is 0 Å². The molecule has 3 aromatic rings. The molecule has 0 radical (unpaired) electrons. The molecular weight excluding hydrogens is 402 g/mol. The fourth-order valence-corrected chi connectivity index (χ4v) is 5.21. The van der Waals surface area contributed by atoms with Crippen molar-refractivity contribution in [3.63, 3.8) is 0 Å². The topological polar surface area (TPSA) is 72.3 Å². The maximum absolute atomic E-state index is 12.9. The van der Waals surface area contributed by atoms with E-state index in [1.165, 1.54) is 0 Å². The zero-order chi connectivity index (χ0) is 22.3. The summed E-state index contributed by atoms with van der Waals surface area (Å²) in [5.41, 5.74) is 1.32. The van der Waals surface area contributed by atoms with Gasteiger partial charge in [0.25, 0.3) is 0 Å². The van der Waals surface area contributed by atoms with Crippen molar-refractivity contribution in [2.24, 2.45) is 0 Å². The Labute approximate surface area is 188 Å². The van der Waals surface area contributed by atoms with Gasteiger partial charge in [-0.1, -0.05) is 31.0 Å². The lowest BCUT2D eigenvalue weighted by Crippen LogP contribution is -2.54. The molecule has 1 aliphatic carbocycles. The van der Waals surface area contributed by atoms with Crippen molar-refractivity contribution in [1.29, 1.82) is 0 Å². The number of likely N-dealkylation sites (tertiary alicyclic amines) is 1. The predicted octanol–water partition coefficient (Wildman–Crippen LogP) is 5.15. The first-order chi connectivity index (χ1) is 15.3. The Kier molecular flexibility index (Phi) is 5.07. The number of nitrogens with zero attached hydrogens (tertiary/aromatic N) is 4. The summed E-state index contributed by atoms with van der Waals surface area (Å²) < 4.78 is 7.72. The molecule has 1 saturated heterocycles. The van der Waals surface area contributed by atoms with Gasteiger partial charge in [0.15, 0.2) is 0 Å². The van der Waals surface area contributed by atoms with Gasteiger partial charge >= 0.3 is 6.09 Å². The van der Waals surface area contributed by atoms with E-state index in [0.717, 1.165) is 54.8 Å². The average molecular weight is 434 g/mol. The van der Waals surface area contributed by atoms with Crippen LogP contribution < -0.4 is 5.32 Å². The minimum atomic E-state index is -0.492. The molecule has 1 aromatic carbocycles. The smallest absolute Gasteiger partial charge is 0.410 e. The number of imidazole rings is 1. The van der Waals surface area contributed by atoms with Crippen molar-refractivity contribution in [3.05, 3.63) is 48.8 Å². The first kappa shape index (κ1) is 20.8. The number of hydrogen-bond acceptors (Lipinski definition) is 5. The first-order valence-corrected chi connectivity index (χ1v) is 11.5. The normalized spacial score (nSPS) is 23.2. The summed E-state index contributed by atoms with van der Waals surface area (Å²) in [6.07, 6.45) is 6.79. The summed E-state index contributed by atoms with van der Waals surface area (Å²) >= 11 is 0. The Balaban J connectivity index is 1.42. The molecule has 3 heterocycles. The second kappa shape index (κ2) is 7.80. The number of amides is 1. The molecule has 1 N–H and O–H groups in total. The molecule has 2 atom stereocenters. The van der Waals surface area contributed by atoms with Gasteiger partial charge in [-0.25, -0.2) is 14.8 Å². The molecule has 1 amide bonds. The fraction of sp³-hybridized carbons (Fsp3) is 0.480. The van der Waals surface area contributed by atoms with Gasteiger partial charge in [-0.3, -0.25) is 4.57 Å². The van der Waals surface area contributed by atoms with Crippen molar-refractivity contribution in [2.75, 3.05) is 11.9 Å². The van der Waals surface area contributed by atoms with Crippen LogP contribution in [0.15, 0.2) is 48.8 Å². The largest absolute Gasteiger partial charge is 0.444 e. The van der Waals surface area contributed by atoms with E-state index in [4.69, 9.17) is 9.72 Å². The van der Waals surface area contributed by atoms with E-state index in [-0.39, 0.29) is 17.7 Å². The zero-order valence-electron chi connectivity index (χ0n) is 19.0. The summed E-state index contributed by atoms with van der Waals surface area (Å²) in [6.45, 7) is 6.46. The minimum Gasteiger partial charge on any atom is -0.444 e. The Bertz CT molecular complexity index is 1130. The molecule has 2 aromatic heterocycles. The highest BCUT2D eigenvalue weighted by atomic mass is 16.6. The molecule has 168 valence electrons. The number of hydrogen-bond donors (Lipinski definition) is 1. The number of para-hydroxylation sites is 2. The van der Waals surface area contributed by atoms with Crippen molar-refractivity contribution in [3.8, 4) is 5.82 Å². The molecule has 2 unspecified atom stereocenters. The maximum Gasteiger partial charge on any atom is 0.410 e. The number of rotatable bonds is 3. The molecule has 1 aliphatic heterocycles. The Morgan fingerprint density at radius 1 is 1.12 bits per heavy atom. The van der Waals surface area contributed by atoms with Crippen LogP contribution in [0.2, 0.25) is 0 Å². The predicted molar refractivity (Wildman–Crippen MR) is 125 cm³/mol. The van der Waals surface area contributed by atoms with Crippen LogP contribution in [0.3, 0.4) is 0 Å². The van der Waals surface area contributed by atoms with E-state index >= 15 is 0 Å². The number of nitrogens with one attached hydrogen (secondary N) is 1. The van der Waals surface area contributed by atoms with E-state index in [0.29, 0.717) is 6.54 Å². The number of carbonyl (C=O) groups is 1. The zero-order valence-corrected chi connectivity index (χ0v) is 19.0. The molecule has 2 aliphatic rings. The summed E-state index contributed by atoms with van der Waals surface area (Å²) in [5, 5.41) is 3.76. The lowest BCUT2D eigenvalue weighted by molar-refractivity contribution is 0.0175. The van der Waals surface area contributed by atoms with E-state index < -0.39 is 5.60 Å². The van der Waals surface area contributed by atoms with E-state index in [2.05, 4.69) is 16.4 Å². The summed E-state index contributed by atoms with van der Waals surface area (Å²) in [5.74, 6) is 1.66. The molecule has 0 spiro atoms. The maximum atomic E-state index is 12.9. The summed E-state index contributed by atoms with van der Waals surface area (Å²) in [4.78, 5) is 24.2. The number of fused-ring (bicyclic) bond motifs is 2. The fourth-order valence-electron chi connectivity index (χ4n) is 5.21. The van der Waals surface area contributed by atoms with Gasteiger partial charge in [0.05, 0.1) is 22.6 Å². The molecule has 0 bridgehead atoms. The standard InChI is InChI=1S/C25H31N5O2/c1-24(2,3)32-23(31)29-16-15-25(14-7-6-11-20(25)29)28-21-12-8-13-22(27-21)30-17-26-18-9-4-5-10-19(18)30/h4-5,8-10,12-13,17,20H,6-7,11,14-16H2,1-3H3,(H,27,28). The van der Waals surface area contributed by atoms with Gasteiger partial charge in [0.2, 0.25) is 0 Å². The van der Waals surface area contributed by atoms with E-state index in [1.807, 2.05) is 73.0 Å². The van der Waals surface area contributed by atoms with E-state index in [9.17, 15) is 4.79 Å². The average Bonchev–Trinajstić information content (AvgIpc) is 3.34. The van der Waals surface area contributed by atoms with Crippen LogP contribution >= 0.6 is 0 Å². The number of anilines is 1. The van der Waals surface area contributed by atoms with Gasteiger partial charge in [-0.2, -0.15) is 0 Å². The Morgan fingerprint density at radius 3 is 2.81 bits per heavy atom. The SMILES string of the molecule is CC(C)(C)OC(=O)N1CCC2(Nc3cccc(-n4cnc5ccccc54)n3)CCCCC12. The lowest BCUT2D eigenvalue weighted by atomic mass is 9.77. The van der Waals surface area contributed by atoms with Crippen molar-refractivity contribution < 1.29 is 9.53 Å². The van der Waals surface area contributed by atoms with Crippen LogP contribution in [-0.4, -0.2) is 49.3 Å². The third-order valence-corrected chi connectivity index (χ3v) is 6.60. The van der Waals surface area contributed by atoms with Crippen molar-refractivity contribution >= 4 is 22.9 Å². The summed E-state index contributed by atoms with van der Waals surface area (Å²) in [7, 11) is 0. The minimum absolute atomic E-state index is 0.116. The van der Waals surface area contributed by atoms with Crippen LogP contribution in [0.25, 0.3) is 16.9 Å². The molecular formula is C25H31N5O2. The quantitative estimate of drug-likeness (QED) is 0.618. The van der Waals surface area contributed by atoms with Gasteiger partial charge in [0.1, 0.15) is 23.6 Å². The van der Waals surface area contributed by atoms with E-state index in [1.54, 1.807) is 0 Å². The highest BCUT2D eigenvalue weighted by Crippen LogP contribution is 2.42. The number of benzene rings is 1. The summed E-state index contributed by atoms with van der Waals surface area (Å²) in [6, 6.07) is 14.2. The second-order valence-electron chi connectivity index (χ2n) is 9.95. The molecule has 5 rings (SSSR count). The van der Waals surface area contributed by atoms with Crippen LogP contribution in [-0.2, 0) is 4.74 Å². The number of carbonyl (C=O) groups excluding carboxylic acids is 1. The Morgan fingerprint density at radius 2 is 1.97 bits per heavy atom. The van der Waals surface area contributed by atoms with Gasteiger partial charge in [-0.05, 0) is 64.3 Å². The molecule has 2 fully saturated rings. The third-order valence-electron chi connectivity index (χ3n) is 6.60. The monoisotopic (exact) mass is 433 g/mol. The van der Waals surface area contributed by atoms with Gasteiger partial charge in [0, 0.05) is 6.54 Å². The molecule has 32 heavy (non-hydrogen) atoms. The molecule has 1 saturated carbocycles. The second-order valence-corrected chi connectivity index (χ2v) is 9.95. The van der Waals surface area contributed by atoms with Crippen LogP contribution in [0.1, 0.15) is 52.9 Å². The van der Waals surface area contributed by atoms with Crippen molar-refractivity contribution in [2.45, 2.75) is 70.1 Å². The van der Waals surface area contributed by atoms with Crippen LogP contribution in [0, 0.1) is 0 Å². The third kappa shape index (κ3) is 3.80. The highest BCUT2D eigenvalue weighted by Gasteiger charge is 2.51.